The maximum atomic E-state index is 4.25. The van der Waals surface area contributed by atoms with Gasteiger partial charge in [-0.3, -0.25) is 0 Å². The van der Waals surface area contributed by atoms with Crippen molar-refractivity contribution in [2.45, 2.75) is 19.5 Å². The Bertz CT molecular complexity index is 442. The average molecular weight is 297 g/mol. The summed E-state index contributed by atoms with van der Waals surface area (Å²) in [6, 6.07) is 8.60. The fraction of sp³-hybridized carbons (Fsp3) is 0.250. The summed E-state index contributed by atoms with van der Waals surface area (Å²) in [5, 5.41) is 5.53. The van der Waals surface area contributed by atoms with Crippen LogP contribution in [0, 0.1) is 0 Å². The van der Waals surface area contributed by atoms with Crippen LogP contribution in [0.4, 0.5) is 0 Å². The highest BCUT2D eigenvalue weighted by Gasteiger charge is 2.08. The van der Waals surface area contributed by atoms with Crippen molar-refractivity contribution in [3.05, 3.63) is 50.9 Å². The second-order valence-corrected chi connectivity index (χ2v) is 5.18. The van der Waals surface area contributed by atoms with Crippen LogP contribution in [0.2, 0.25) is 0 Å². The van der Waals surface area contributed by atoms with E-state index in [0.29, 0.717) is 6.04 Å². The Morgan fingerprint density at radius 1 is 1.44 bits per heavy atom. The molecule has 1 aromatic heterocycles. The lowest BCUT2D eigenvalue weighted by Crippen LogP contribution is -2.18. The second-order valence-electron chi connectivity index (χ2n) is 3.60. The molecule has 1 N–H and O–H groups in total. The maximum absolute atomic E-state index is 4.25. The van der Waals surface area contributed by atoms with Crippen molar-refractivity contribution >= 4 is 27.3 Å². The highest BCUT2D eigenvalue weighted by atomic mass is 79.9. The molecule has 0 aliphatic rings. The number of benzene rings is 1. The van der Waals surface area contributed by atoms with Gasteiger partial charge in [-0.2, -0.15) is 0 Å². The number of hydrogen-bond donors (Lipinski definition) is 1. The molecule has 1 aromatic carbocycles. The monoisotopic (exact) mass is 296 g/mol. The molecule has 84 valence electrons. The number of hydrogen-bond acceptors (Lipinski definition) is 3. The quantitative estimate of drug-likeness (QED) is 0.929. The maximum Gasteiger partial charge on any atom is 0.0795 e. The minimum Gasteiger partial charge on any atom is -0.304 e. The molecule has 2 aromatic rings. The van der Waals surface area contributed by atoms with Gasteiger partial charge >= 0.3 is 0 Å². The molecule has 0 aliphatic carbocycles. The summed E-state index contributed by atoms with van der Waals surface area (Å²) in [7, 11) is 0. The van der Waals surface area contributed by atoms with Crippen molar-refractivity contribution in [2.75, 3.05) is 0 Å². The van der Waals surface area contributed by atoms with Gasteiger partial charge in [-0.25, -0.2) is 4.98 Å². The summed E-state index contributed by atoms with van der Waals surface area (Å²) >= 11 is 5.19. The third-order valence-electron chi connectivity index (χ3n) is 2.44. The van der Waals surface area contributed by atoms with E-state index >= 15 is 0 Å². The van der Waals surface area contributed by atoms with E-state index in [1.54, 1.807) is 11.3 Å². The standard InChI is InChI=1S/C12H13BrN2S/c1-9(11-4-2-3-5-12(11)13)14-6-10-7-16-8-15-10/h2-5,7-9,14H,6H2,1H3/t9-/m1/s1. The molecule has 1 heterocycles. The lowest BCUT2D eigenvalue weighted by atomic mass is 10.1. The fourth-order valence-corrected chi connectivity index (χ4v) is 2.71. The molecule has 0 unspecified atom stereocenters. The summed E-state index contributed by atoms with van der Waals surface area (Å²) in [6.07, 6.45) is 0. The van der Waals surface area contributed by atoms with Gasteiger partial charge < -0.3 is 5.32 Å². The Morgan fingerprint density at radius 2 is 2.25 bits per heavy atom. The van der Waals surface area contributed by atoms with Crippen LogP contribution >= 0.6 is 27.3 Å². The third-order valence-corrected chi connectivity index (χ3v) is 3.80. The normalized spacial score (nSPS) is 12.6. The smallest absolute Gasteiger partial charge is 0.0795 e. The minimum absolute atomic E-state index is 0.317. The van der Waals surface area contributed by atoms with Gasteiger partial charge in [-0.05, 0) is 18.6 Å². The van der Waals surface area contributed by atoms with Gasteiger partial charge in [0, 0.05) is 22.4 Å². The van der Waals surface area contributed by atoms with Crippen LogP contribution < -0.4 is 5.32 Å². The molecular weight excluding hydrogens is 284 g/mol. The van der Waals surface area contributed by atoms with E-state index in [2.05, 4.69) is 56.7 Å². The van der Waals surface area contributed by atoms with Gasteiger partial charge in [-0.15, -0.1) is 11.3 Å². The molecular formula is C12H13BrN2S. The number of rotatable bonds is 4. The zero-order valence-electron chi connectivity index (χ0n) is 8.98. The zero-order chi connectivity index (χ0) is 11.4. The van der Waals surface area contributed by atoms with Gasteiger partial charge in [0.05, 0.1) is 11.2 Å². The highest BCUT2D eigenvalue weighted by molar-refractivity contribution is 9.10. The number of aromatic nitrogens is 1. The summed E-state index contributed by atoms with van der Waals surface area (Å²) < 4.78 is 1.15. The van der Waals surface area contributed by atoms with Crippen molar-refractivity contribution in [3.8, 4) is 0 Å². The van der Waals surface area contributed by atoms with Gasteiger partial charge in [-0.1, -0.05) is 34.1 Å². The number of nitrogens with zero attached hydrogens (tertiary/aromatic N) is 1. The van der Waals surface area contributed by atoms with E-state index in [1.165, 1.54) is 5.56 Å². The Kier molecular flexibility index (Phi) is 4.09. The summed E-state index contributed by atoms with van der Waals surface area (Å²) in [4.78, 5) is 4.25. The van der Waals surface area contributed by atoms with E-state index in [1.807, 2.05) is 11.6 Å². The molecule has 0 radical (unpaired) electrons. The van der Waals surface area contributed by atoms with Crippen LogP contribution in [-0.4, -0.2) is 4.98 Å². The van der Waals surface area contributed by atoms with Crippen LogP contribution in [0.5, 0.6) is 0 Å². The predicted octanol–water partition coefficient (Wildman–Crippen LogP) is 3.76. The Morgan fingerprint density at radius 3 is 2.94 bits per heavy atom. The van der Waals surface area contributed by atoms with Crippen LogP contribution in [0.1, 0.15) is 24.2 Å². The number of halogens is 1. The Balaban J connectivity index is 1.98. The predicted molar refractivity (Wildman–Crippen MR) is 71.5 cm³/mol. The van der Waals surface area contributed by atoms with Crippen molar-refractivity contribution in [1.29, 1.82) is 0 Å². The summed E-state index contributed by atoms with van der Waals surface area (Å²) in [5.41, 5.74) is 4.24. The van der Waals surface area contributed by atoms with Crippen molar-refractivity contribution in [3.63, 3.8) is 0 Å². The van der Waals surface area contributed by atoms with Gasteiger partial charge in [0.1, 0.15) is 0 Å². The minimum atomic E-state index is 0.317. The van der Waals surface area contributed by atoms with Crippen molar-refractivity contribution in [2.24, 2.45) is 0 Å². The van der Waals surface area contributed by atoms with E-state index in [0.717, 1.165) is 16.7 Å². The highest BCUT2D eigenvalue weighted by Crippen LogP contribution is 2.22. The van der Waals surface area contributed by atoms with Gasteiger partial charge in [0.2, 0.25) is 0 Å². The fourth-order valence-electron chi connectivity index (χ4n) is 1.52. The zero-order valence-corrected chi connectivity index (χ0v) is 11.4. The van der Waals surface area contributed by atoms with Crippen LogP contribution in [0.15, 0.2) is 39.6 Å². The number of nitrogens with one attached hydrogen (secondary N) is 1. The molecule has 16 heavy (non-hydrogen) atoms. The van der Waals surface area contributed by atoms with E-state index in [9.17, 15) is 0 Å². The molecule has 1 atom stereocenters. The molecule has 0 fully saturated rings. The molecule has 0 aliphatic heterocycles. The molecule has 0 spiro atoms. The topological polar surface area (TPSA) is 24.9 Å². The first-order valence-corrected chi connectivity index (χ1v) is 6.86. The van der Waals surface area contributed by atoms with E-state index in [4.69, 9.17) is 0 Å². The first kappa shape index (κ1) is 11.8. The Labute approximate surface area is 108 Å². The van der Waals surface area contributed by atoms with Gasteiger partial charge in [0.25, 0.3) is 0 Å². The molecule has 0 saturated carbocycles. The summed E-state index contributed by atoms with van der Waals surface area (Å²) in [6.45, 7) is 2.97. The van der Waals surface area contributed by atoms with E-state index in [-0.39, 0.29) is 0 Å². The Hall–Kier alpha value is -0.710. The first-order chi connectivity index (χ1) is 7.77. The lowest BCUT2D eigenvalue weighted by molar-refractivity contribution is 0.567. The molecule has 2 rings (SSSR count). The average Bonchev–Trinajstić information content (AvgIpc) is 2.79. The molecule has 0 amide bonds. The second kappa shape index (κ2) is 5.57. The molecule has 0 saturated heterocycles. The SMILES string of the molecule is C[C@@H](NCc1cscn1)c1ccccc1Br. The largest absolute Gasteiger partial charge is 0.304 e. The van der Waals surface area contributed by atoms with Crippen LogP contribution in [0.25, 0.3) is 0 Å². The lowest BCUT2D eigenvalue weighted by Gasteiger charge is -2.14. The molecule has 4 heteroatoms. The summed E-state index contributed by atoms with van der Waals surface area (Å²) in [5.74, 6) is 0. The van der Waals surface area contributed by atoms with Crippen molar-refractivity contribution < 1.29 is 0 Å². The first-order valence-electron chi connectivity index (χ1n) is 5.12. The van der Waals surface area contributed by atoms with Crippen molar-refractivity contribution in [1.82, 2.24) is 10.3 Å². The number of thiazole rings is 1. The van der Waals surface area contributed by atoms with Gasteiger partial charge in [0.15, 0.2) is 0 Å². The molecule has 2 nitrogen and oxygen atoms in total. The van der Waals surface area contributed by atoms with Crippen LogP contribution in [0.3, 0.4) is 0 Å². The van der Waals surface area contributed by atoms with E-state index < -0.39 is 0 Å². The third kappa shape index (κ3) is 2.90. The van der Waals surface area contributed by atoms with Crippen LogP contribution in [-0.2, 0) is 6.54 Å². The molecule has 0 bridgehead atoms.